The fraction of sp³-hybridized carbons (Fsp3) is 0.484. The molecule has 1 saturated carbocycles. The Bertz CT molecular complexity index is 1110. The van der Waals surface area contributed by atoms with Crippen LogP contribution in [0.4, 0.5) is 5.69 Å². The van der Waals surface area contributed by atoms with E-state index in [1.165, 1.54) is 42.2 Å². The van der Waals surface area contributed by atoms with Crippen LogP contribution in [0.3, 0.4) is 0 Å². The number of aldehydes is 1. The van der Waals surface area contributed by atoms with Crippen molar-refractivity contribution in [3.8, 4) is 0 Å². The lowest BCUT2D eigenvalue weighted by Gasteiger charge is -2.29. The summed E-state index contributed by atoms with van der Waals surface area (Å²) in [6.45, 7) is 12.2. The van der Waals surface area contributed by atoms with Crippen LogP contribution in [-0.2, 0) is 9.59 Å². The molecule has 206 valence electrons. The number of carbonyl (C=O) groups excluding carboxylic acids is 2. The summed E-state index contributed by atoms with van der Waals surface area (Å²) in [5.74, 6) is 6.38. The molecule has 1 aliphatic heterocycles. The molecule has 1 unspecified atom stereocenters. The van der Waals surface area contributed by atoms with Gasteiger partial charge in [0.15, 0.2) is 0 Å². The quantitative estimate of drug-likeness (QED) is 0.193. The Morgan fingerprint density at radius 3 is 2.34 bits per heavy atom. The van der Waals surface area contributed by atoms with Gasteiger partial charge in [0.2, 0.25) is 5.91 Å². The maximum Gasteiger partial charge on any atom is 0.229 e. The van der Waals surface area contributed by atoms with Crippen LogP contribution in [0.2, 0.25) is 0 Å². The number of carbonyl (C=O) groups is 2. The number of hydrogen-bond donors (Lipinski definition) is 3. The van der Waals surface area contributed by atoms with E-state index in [4.69, 9.17) is 10.6 Å². The predicted octanol–water partition coefficient (Wildman–Crippen LogP) is 4.67. The van der Waals surface area contributed by atoms with Gasteiger partial charge in [-0.25, -0.2) is 5.43 Å². The Labute approximate surface area is 228 Å². The predicted molar refractivity (Wildman–Crippen MR) is 156 cm³/mol. The average Bonchev–Trinajstić information content (AvgIpc) is 3.65. The van der Waals surface area contributed by atoms with Gasteiger partial charge in [-0.2, -0.15) is 0 Å². The van der Waals surface area contributed by atoms with E-state index < -0.39 is 0 Å². The summed E-state index contributed by atoms with van der Waals surface area (Å²) in [5, 5.41) is 3.21. The van der Waals surface area contributed by atoms with E-state index in [1.54, 1.807) is 0 Å². The Morgan fingerprint density at radius 1 is 1.13 bits per heavy atom. The molecule has 1 amide bonds. The van der Waals surface area contributed by atoms with Crippen molar-refractivity contribution in [1.29, 1.82) is 0 Å². The minimum Gasteiger partial charge on any atom is -0.354 e. The van der Waals surface area contributed by atoms with Gasteiger partial charge in [-0.15, -0.1) is 0 Å². The molecule has 1 aliphatic carbocycles. The molecule has 2 aromatic rings. The fourth-order valence-electron chi connectivity index (χ4n) is 5.15. The van der Waals surface area contributed by atoms with Crippen molar-refractivity contribution in [1.82, 2.24) is 15.2 Å². The molecule has 4 rings (SSSR count). The number of nitrogens with one attached hydrogen (secondary N) is 2. The van der Waals surface area contributed by atoms with Gasteiger partial charge < -0.3 is 19.9 Å². The molecule has 0 aromatic heterocycles. The minimum atomic E-state index is -0.113. The normalized spacial score (nSPS) is 19.6. The third-order valence-electron chi connectivity index (χ3n) is 7.33. The first kappa shape index (κ1) is 29.6. The first-order valence-corrected chi connectivity index (χ1v) is 13.7. The molecule has 2 atom stereocenters. The van der Waals surface area contributed by atoms with Gasteiger partial charge >= 0.3 is 0 Å². The number of benzene rings is 2. The van der Waals surface area contributed by atoms with Gasteiger partial charge in [-0.1, -0.05) is 61.9 Å². The standard InChI is InChI=1S/C29H41N5O.C2H4O/c1-19(2)22-7-9-23(10-8-22)28(34(18-31-30)25-11-12-25)15-24-16-33(5)17-26(24)29(35)32-27-13-6-20(3)14-21(27)4;1-2-3/h6-10,13-15,19,24-26,31H,11-12,16-18,30H2,1-5H3,(H,32,35);2H,1H3/b28-15-;/t24-,26?;/m0./s1. The van der Waals surface area contributed by atoms with E-state index in [-0.39, 0.29) is 17.7 Å². The summed E-state index contributed by atoms with van der Waals surface area (Å²) >= 11 is 0. The van der Waals surface area contributed by atoms with Crippen molar-refractivity contribution in [3.05, 3.63) is 70.8 Å². The molecular weight excluding hydrogens is 474 g/mol. The number of aryl methyl sites for hydroxylation is 2. The largest absolute Gasteiger partial charge is 0.354 e. The van der Waals surface area contributed by atoms with Gasteiger partial charge in [0.1, 0.15) is 6.29 Å². The molecule has 2 aliphatic rings. The maximum atomic E-state index is 13.5. The fourth-order valence-corrected chi connectivity index (χ4v) is 5.15. The van der Waals surface area contributed by atoms with Crippen molar-refractivity contribution in [2.45, 2.75) is 59.4 Å². The number of amides is 1. The summed E-state index contributed by atoms with van der Waals surface area (Å²) in [6, 6.07) is 15.5. The number of hydrazine groups is 1. The van der Waals surface area contributed by atoms with Crippen LogP contribution in [-0.4, -0.2) is 54.8 Å². The van der Waals surface area contributed by atoms with Crippen LogP contribution in [0.1, 0.15) is 61.8 Å². The molecule has 1 heterocycles. The third kappa shape index (κ3) is 7.76. The lowest BCUT2D eigenvalue weighted by molar-refractivity contribution is -0.120. The first-order valence-electron chi connectivity index (χ1n) is 13.7. The van der Waals surface area contributed by atoms with Crippen molar-refractivity contribution in [2.24, 2.45) is 17.7 Å². The van der Waals surface area contributed by atoms with Crippen molar-refractivity contribution >= 4 is 23.6 Å². The molecule has 38 heavy (non-hydrogen) atoms. The number of rotatable bonds is 9. The number of likely N-dealkylation sites (tertiary alicyclic amines) is 1. The van der Waals surface area contributed by atoms with Crippen LogP contribution < -0.4 is 16.6 Å². The molecule has 0 spiro atoms. The third-order valence-corrected chi connectivity index (χ3v) is 7.33. The second-order valence-corrected chi connectivity index (χ2v) is 10.9. The van der Waals surface area contributed by atoms with E-state index in [2.05, 4.69) is 84.8 Å². The van der Waals surface area contributed by atoms with E-state index in [0.29, 0.717) is 18.6 Å². The SMILES string of the molecule is CC=O.Cc1ccc(NC(=O)C2CN(C)C[C@@H]2/C=C(/c2ccc(C(C)C)cc2)N(CNN)C2CC2)c(C)c1. The van der Waals surface area contributed by atoms with E-state index in [1.807, 2.05) is 19.1 Å². The highest BCUT2D eigenvalue weighted by atomic mass is 16.2. The Kier molecular flexibility index (Phi) is 10.6. The lowest BCUT2D eigenvalue weighted by Crippen LogP contribution is -2.38. The first-order chi connectivity index (χ1) is 18.2. The van der Waals surface area contributed by atoms with Crippen molar-refractivity contribution < 1.29 is 9.59 Å². The lowest BCUT2D eigenvalue weighted by atomic mass is 9.92. The minimum absolute atomic E-state index is 0.0898. The smallest absolute Gasteiger partial charge is 0.229 e. The summed E-state index contributed by atoms with van der Waals surface area (Å²) < 4.78 is 0. The summed E-state index contributed by atoms with van der Waals surface area (Å²) in [4.78, 5) is 26.9. The Balaban J connectivity index is 0.00000127. The molecule has 7 heteroatoms. The highest BCUT2D eigenvalue weighted by molar-refractivity contribution is 5.94. The van der Waals surface area contributed by atoms with Gasteiger partial charge in [-0.05, 0) is 69.3 Å². The van der Waals surface area contributed by atoms with Crippen molar-refractivity contribution in [3.63, 3.8) is 0 Å². The molecule has 0 radical (unpaired) electrons. The number of nitrogens with zero attached hydrogens (tertiary/aromatic N) is 2. The molecule has 1 saturated heterocycles. The average molecular weight is 520 g/mol. The highest BCUT2D eigenvalue weighted by Crippen LogP contribution is 2.36. The zero-order chi connectivity index (χ0) is 27.8. The van der Waals surface area contributed by atoms with E-state index >= 15 is 0 Å². The van der Waals surface area contributed by atoms with Crippen LogP contribution in [0, 0.1) is 25.7 Å². The Morgan fingerprint density at radius 2 is 1.79 bits per heavy atom. The van der Waals surface area contributed by atoms with Gasteiger partial charge in [0, 0.05) is 36.4 Å². The maximum absolute atomic E-state index is 13.5. The van der Waals surface area contributed by atoms with Gasteiger partial charge in [0.05, 0.1) is 12.6 Å². The summed E-state index contributed by atoms with van der Waals surface area (Å²) in [6.07, 6.45) is 5.42. The van der Waals surface area contributed by atoms with Gasteiger partial charge in [0.25, 0.3) is 0 Å². The van der Waals surface area contributed by atoms with Crippen molar-refractivity contribution in [2.75, 3.05) is 32.1 Å². The summed E-state index contributed by atoms with van der Waals surface area (Å²) in [5.41, 5.74) is 9.74. The molecule has 7 nitrogen and oxygen atoms in total. The number of hydrogen-bond acceptors (Lipinski definition) is 6. The topological polar surface area (TPSA) is 90.7 Å². The van der Waals surface area contributed by atoms with Crippen LogP contribution in [0.15, 0.2) is 48.5 Å². The molecule has 4 N–H and O–H groups in total. The molecule has 2 aromatic carbocycles. The van der Waals surface area contributed by atoms with E-state index in [0.717, 1.165) is 30.6 Å². The van der Waals surface area contributed by atoms with Gasteiger partial charge in [-0.3, -0.25) is 10.6 Å². The van der Waals surface area contributed by atoms with Crippen LogP contribution >= 0.6 is 0 Å². The second-order valence-electron chi connectivity index (χ2n) is 10.9. The number of nitrogens with two attached hydrogens (primary N) is 1. The molecular formula is C31H45N5O2. The number of anilines is 1. The Hall–Kier alpha value is -3.00. The van der Waals surface area contributed by atoms with Crippen LogP contribution in [0.25, 0.3) is 5.70 Å². The second kappa shape index (κ2) is 13.7. The highest BCUT2D eigenvalue weighted by Gasteiger charge is 2.37. The zero-order valence-corrected chi connectivity index (χ0v) is 23.8. The molecule has 2 fully saturated rings. The zero-order valence-electron chi connectivity index (χ0n) is 23.8. The van der Waals surface area contributed by atoms with E-state index in [9.17, 15) is 4.79 Å². The summed E-state index contributed by atoms with van der Waals surface area (Å²) in [7, 11) is 2.10. The monoisotopic (exact) mass is 519 g/mol. The van der Waals surface area contributed by atoms with Crippen LogP contribution in [0.5, 0.6) is 0 Å². The molecule has 0 bridgehead atoms.